The lowest BCUT2D eigenvalue weighted by atomic mass is 9.33. The first-order valence-corrected chi connectivity index (χ1v) is 31.6. The predicted molar refractivity (Wildman–Crippen MR) is 298 cm³/mol. The second kappa shape index (κ2) is 18.0. The van der Waals surface area contributed by atoms with Crippen LogP contribution in [0.4, 0.5) is 0 Å². The van der Waals surface area contributed by atoms with E-state index in [2.05, 4.69) is 90.1 Å². The molecule has 4 unspecified atom stereocenters. The maximum atomic E-state index is 5.80. The zero-order valence-electron chi connectivity index (χ0n) is 47.6. The molecule has 20 aliphatic carbocycles. The molecule has 0 radical (unpaired) electrons. The summed E-state index contributed by atoms with van der Waals surface area (Å²) in [6.07, 6.45) is 46.9. The summed E-state index contributed by atoms with van der Waals surface area (Å²) < 4.78 is 11.6. The van der Waals surface area contributed by atoms with Crippen LogP contribution in [0.2, 0.25) is 0 Å². The van der Waals surface area contributed by atoms with E-state index in [0.29, 0.717) is 0 Å². The molecule has 0 saturated heterocycles. The molecule has 2 aromatic carbocycles. The lowest BCUT2D eigenvalue weighted by molar-refractivity contribution is -0.220. The summed E-state index contributed by atoms with van der Waals surface area (Å²) in [7, 11) is 3.77. The topological polar surface area (TPSA) is 18.5 Å². The molecule has 22 rings (SSSR count). The minimum Gasteiger partial charge on any atom is -0.378 e. The monoisotopic (exact) mass is 977 g/mol. The van der Waals surface area contributed by atoms with Gasteiger partial charge < -0.3 is 9.47 Å². The van der Waals surface area contributed by atoms with Gasteiger partial charge in [0.1, 0.15) is 0 Å². The smallest absolute Gasteiger partial charge is 0.0711 e. The van der Waals surface area contributed by atoms with Gasteiger partial charge in [0.15, 0.2) is 0 Å². The number of ether oxygens (including phenoxy) is 2. The van der Waals surface area contributed by atoms with Crippen LogP contribution in [0.15, 0.2) is 48.5 Å². The van der Waals surface area contributed by atoms with Gasteiger partial charge >= 0.3 is 0 Å². The first-order valence-electron chi connectivity index (χ1n) is 31.6. The average Bonchev–Trinajstić information content (AvgIpc) is 3.29. The van der Waals surface area contributed by atoms with Crippen molar-refractivity contribution in [3.05, 3.63) is 70.8 Å². The highest BCUT2D eigenvalue weighted by Crippen LogP contribution is 2.78. The van der Waals surface area contributed by atoms with Crippen LogP contribution in [0.5, 0.6) is 0 Å². The summed E-state index contributed by atoms with van der Waals surface area (Å²) in [5.41, 5.74) is 10.7. The quantitative estimate of drug-likeness (QED) is 0.304. The molecule has 2 aromatic rings. The van der Waals surface area contributed by atoms with E-state index in [1.165, 1.54) is 54.4 Å². The molecule has 20 fully saturated rings. The molecule has 4 atom stereocenters. The van der Waals surface area contributed by atoms with Crippen molar-refractivity contribution in [1.29, 1.82) is 0 Å². The Morgan fingerprint density at radius 3 is 0.736 bits per heavy atom. The standard InChI is InChI=1S/2C21H32.C12H20O2.2C8H10/c2*1-19-6-17-5-18(7-19)12-21(11-17,13-19)20-8-14-2-15(9-20)4-16(3-14)10-20;1-13-11-4-9-3-10(5-11)7-12(6-9,8-11)14-2;2*1-7-5-3-4-6-8(7)2/h2*14-18H,2-13H2,1H3;9-10H,3-8H2,1-2H3;2*3-6H,1-2H3. The Labute approximate surface area is 441 Å². The molecular formula is C70H104O2. The molecule has 0 aliphatic heterocycles. The van der Waals surface area contributed by atoms with Gasteiger partial charge in [0.2, 0.25) is 0 Å². The number of benzene rings is 2. The zero-order valence-corrected chi connectivity index (χ0v) is 47.6. The van der Waals surface area contributed by atoms with E-state index in [-0.39, 0.29) is 11.2 Å². The molecule has 396 valence electrons. The predicted octanol–water partition coefficient (Wildman–Crippen LogP) is 18.6. The van der Waals surface area contributed by atoms with Gasteiger partial charge in [-0.25, -0.2) is 0 Å². The van der Waals surface area contributed by atoms with Crippen LogP contribution in [0.25, 0.3) is 0 Å². The SMILES string of the molecule is CC12CC3CC(C1)CC(C14CC5CC(CC(C5)C1)C4)(C3)C2.CC12CC3CC(C1)CC(C14CC5CC(CC(C5)C1)C4)(C3)C2.COC12CC3CC(C1)CC(OC)(C3)C2.Cc1ccccc1C.Cc1ccccc1C. The van der Waals surface area contributed by atoms with Crippen molar-refractivity contribution >= 4 is 0 Å². The Hall–Kier alpha value is -1.64. The van der Waals surface area contributed by atoms with E-state index in [0.717, 1.165) is 110 Å². The first kappa shape index (κ1) is 49.9. The minimum absolute atomic E-state index is 0.181. The Morgan fingerprint density at radius 2 is 0.514 bits per heavy atom. The van der Waals surface area contributed by atoms with Crippen molar-refractivity contribution in [3.8, 4) is 0 Å². The highest BCUT2D eigenvalue weighted by Gasteiger charge is 2.68. The van der Waals surface area contributed by atoms with E-state index in [1.807, 2.05) is 14.2 Å². The fourth-order valence-corrected chi connectivity index (χ4v) is 26.1. The van der Waals surface area contributed by atoms with Crippen LogP contribution in [-0.4, -0.2) is 25.4 Å². The van der Waals surface area contributed by atoms with E-state index in [4.69, 9.17) is 9.47 Å². The molecule has 20 saturated carbocycles. The number of hydrogen-bond acceptors (Lipinski definition) is 2. The highest BCUT2D eigenvalue weighted by molar-refractivity contribution is 5.25. The van der Waals surface area contributed by atoms with Crippen LogP contribution < -0.4 is 0 Å². The molecule has 0 aromatic heterocycles. The highest BCUT2D eigenvalue weighted by atomic mass is 16.5. The summed E-state index contributed by atoms with van der Waals surface area (Å²) >= 11 is 0. The van der Waals surface area contributed by atoms with Gasteiger partial charge in [-0.05, 0) is 340 Å². The van der Waals surface area contributed by atoms with Gasteiger partial charge in [-0.3, -0.25) is 0 Å². The van der Waals surface area contributed by atoms with Crippen LogP contribution in [0.3, 0.4) is 0 Å². The lowest BCUT2D eigenvalue weighted by Crippen LogP contribution is -2.62. The third-order valence-electron chi connectivity index (χ3n) is 26.7. The third-order valence-corrected chi connectivity index (χ3v) is 26.7. The first-order chi connectivity index (χ1) is 34.4. The maximum absolute atomic E-state index is 5.80. The average molecular weight is 978 g/mol. The Morgan fingerprint density at radius 1 is 0.292 bits per heavy atom. The molecule has 72 heavy (non-hydrogen) atoms. The Balaban J connectivity index is 0.0000000927. The summed E-state index contributed by atoms with van der Waals surface area (Å²) in [6.45, 7) is 13.8. The summed E-state index contributed by atoms with van der Waals surface area (Å²) in [5, 5.41) is 0. The number of methoxy groups -OCH3 is 2. The second-order valence-corrected chi connectivity index (χ2v) is 32.4. The number of aryl methyl sites for hydroxylation is 4. The van der Waals surface area contributed by atoms with Crippen molar-refractivity contribution in [2.45, 2.75) is 245 Å². The zero-order chi connectivity index (χ0) is 49.5. The molecule has 20 bridgehead atoms. The van der Waals surface area contributed by atoms with E-state index < -0.39 is 0 Å². The summed E-state index contributed by atoms with van der Waals surface area (Å²) in [6, 6.07) is 16.7. The van der Waals surface area contributed by atoms with Crippen molar-refractivity contribution in [1.82, 2.24) is 0 Å². The normalized spacial score (nSPS) is 51.9. The minimum atomic E-state index is 0.181. The van der Waals surface area contributed by atoms with Crippen molar-refractivity contribution < 1.29 is 9.47 Å². The maximum Gasteiger partial charge on any atom is 0.0711 e. The van der Waals surface area contributed by atoms with Gasteiger partial charge in [-0.1, -0.05) is 62.4 Å². The van der Waals surface area contributed by atoms with Gasteiger partial charge in [0, 0.05) is 20.6 Å². The largest absolute Gasteiger partial charge is 0.378 e. The molecule has 0 N–H and O–H groups in total. The van der Waals surface area contributed by atoms with Crippen LogP contribution in [-0.2, 0) is 9.47 Å². The number of hydrogen-bond donors (Lipinski definition) is 0. The summed E-state index contributed by atoms with van der Waals surface area (Å²) in [5.74, 6) is 13.2. The molecule has 20 aliphatic rings. The Bertz CT molecular complexity index is 1990. The van der Waals surface area contributed by atoms with Crippen LogP contribution in [0, 0.1) is 131 Å². The van der Waals surface area contributed by atoms with Gasteiger partial charge in [0.05, 0.1) is 11.2 Å². The van der Waals surface area contributed by atoms with Gasteiger partial charge in [-0.2, -0.15) is 0 Å². The van der Waals surface area contributed by atoms with Crippen molar-refractivity contribution in [2.24, 2.45) is 104 Å². The van der Waals surface area contributed by atoms with E-state index >= 15 is 0 Å². The molecule has 2 nitrogen and oxygen atoms in total. The van der Waals surface area contributed by atoms with Crippen molar-refractivity contribution in [3.63, 3.8) is 0 Å². The second-order valence-electron chi connectivity index (χ2n) is 32.4. The molecule has 0 heterocycles. The third kappa shape index (κ3) is 8.74. The number of rotatable bonds is 4. The van der Waals surface area contributed by atoms with E-state index in [1.54, 1.807) is 154 Å². The van der Waals surface area contributed by atoms with Crippen LogP contribution in [0.1, 0.15) is 229 Å². The van der Waals surface area contributed by atoms with Gasteiger partial charge in [0.25, 0.3) is 0 Å². The van der Waals surface area contributed by atoms with Gasteiger partial charge in [-0.15, -0.1) is 0 Å². The fraction of sp³-hybridized carbons (Fsp3) is 0.829. The Kier molecular flexibility index (Phi) is 12.4. The molecular weight excluding hydrogens is 873 g/mol. The molecule has 0 spiro atoms. The molecule has 0 amide bonds. The van der Waals surface area contributed by atoms with E-state index in [9.17, 15) is 0 Å². The summed E-state index contributed by atoms with van der Waals surface area (Å²) in [4.78, 5) is 0. The fourth-order valence-electron chi connectivity index (χ4n) is 26.1. The lowest BCUT2D eigenvalue weighted by Gasteiger charge is -2.72. The van der Waals surface area contributed by atoms with Crippen molar-refractivity contribution in [2.75, 3.05) is 14.2 Å². The van der Waals surface area contributed by atoms with Crippen LogP contribution >= 0.6 is 0 Å². The molecule has 2 heteroatoms.